The fourth-order valence-electron chi connectivity index (χ4n) is 4.97. The van der Waals surface area contributed by atoms with Crippen molar-refractivity contribution in [3.8, 4) is 11.4 Å². The molecule has 0 aliphatic carbocycles. The zero-order valence-electron chi connectivity index (χ0n) is 23.3. The number of ether oxygens (including phenoxy) is 2. The quantitative estimate of drug-likeness (QED) is 0.287. The molecule has 3 aromatic heterocycles. The fourth-order valence-corrected chi connectivity index (χ4v) is 4.97. The molecule has 1 aliphatic rings. The van der Waals surface area contributed by atoms with Crippen molar-refractivity contribution in [2.75, 3.05) is 0 Å². The molecule has 0 radical (unpaired) electrons. The standard InChI is InChI=1S/C30H33N5O5/c1-6-25(39-28(37)23(12-20-14-31-16-32-20)34-29(38)40-30(3,4)5)21-13-24-26-19(15-35(24)27(36)17(21)2)11-18-9-7-8-10-22(18)33-26/h7-11,13-14,16,23,25H,6,12,15H2,1-5H3,(H,31,32)(H,34,38)/t23-,25?/m0/s1. The maximum Gasteiger partial charge on any atom is 0.408 e. The van der Waals surface area contributed by atoms with Crippen molar-refractivity contribution in [1.29, 1.82) is 0 Å². The van der Waals surface area contributed by atoms with E-state index >= 15 is 0 Å². The first-order valence-corrected chi connectivity index (χ1v) is 13.3. The van der Waals surface area contributed by atoms with Gasteiger partial charge in [0.2, 0.25) is 0 Å². The number of pyridine rings is 2. The van der Waals surface area contributed by atoms with Gasteiger partial charge in [0.1, 0.15) is 17.7 Å². The van der Waals surface area contributed by atoms with Crippen molar-refractivity contribution in [3.63, 3.8) is 0 Å². The van der Waals surface area contributed by atoms with Crippen molar-refractivity contribution in [1.82, 2.24) is 24.8 Å². The maximum atomic E-state index is 13.5. The molecule has 1 aromatic carbocycles. The van der Waals surface area contributed by atoms with Crippen LogP contribution in [-0.2, 0) is 27.2 Å². The van der Waals surface area contributed by atoms with Crippen molar-refractivity contribution in [2.45, 2.75) is 71.8 Å². The molecule has 0 saturated carbocycles. The Kier molecular flexibility index (Phi) is 7.18. The number of aromatic nitrogens is 4. The second kappa shape index (κ2) is 10.6. The highest BCUT2D eigenvalue weighted by Gasteiger charge is 2.31. The molecule has 5 rings (SSSR count). The molecule has 10 heteroatoms. The molecule has 40 heavy (non-hydrogen) atoms. The van der Waals surface area contributed by atoms with Gasteiger partial charge >= 0.3 is 12.1 Å². The second-order valence-corrected chi connectivity index (χ2v) is 11.0. The van der Waals surface area contributed by atoms with E-state index in [-0.39, 0.29) is 12.0 Å². The zero-order chi connectivity index (χ0) is 28.6. The van der Waals surface area contributed by atoms with Crippen LogP contribution < -0.4 is 10.9 Å². The summed E-state index contributed by atoms with van der Waals surface area (Å²) in [4.78, 5) is 51.4. The fraction of sp³-hybridized carbons (Fsp3) is 0.367. The number of aromatic amines is 1. The number of para-hydroxylation sites is 1. The van der Waals surface area contributed by atoms with E-state index in [0.717, 1.165) is 22.2 Å². The second-order valence-electron chi connectivity index (χ2n) is 11.0. The number of rotatable bonds is 7. The molecule has 1 aliphatic heterocycles. The highest BCUT2D eigenvalue weighted by atomic mass is 16.6. The summed E-state index contributed by atoms with van der Waals surface area (Å²) < 4.78 is 13.0. The van der Waals surface area contributed by atoms with Gasteiger partial charge in [0.25, 0.3) is 5.56 Å². The first-order valence-electron chi connectivity index (χ1n) is 13.3. The number of amides is 1. The van der Waals surface area contributed by atoms with E-state index < -0.39 is 29.8 Å². The summed E-state index contributed by atoms with van der Waals surface area (Å²) in [6.07, 6.45) is 2.23. The van der Waals surface area contributed by atoms with Gasteiger partial charge < -0.3 is 24.3 Å². The highest BCUT2D eigenvalue weighted by Crippen LogP contribution is 2.35. The normalized spacial score (nSPS) is 13.8. The number of H-pyrrole nitrogens is 1. The lowest BCUT2D eigenvalue weighted by Crippen LogP contribution is -2.46. The Balaban J connectivity index is 1.45. The first-order chi connectivity index (χ1) is 19.0. The van der Waals surface area contributed by atoms with E-state index in [4.69, 9.17) is 14.5 Å². The lowest BCUT2D eigenvalue weighted by Gasteiger charge is -2.25. The Morgan fingerprint density at radius 2 is 1.98 bits per heavy atom. The van der Waals surface area contributed by atoms with Crippen molar-refractivity contribution in [3.05, 3.63) is 81.7 Å². The van der Waals surface area contributed by atoms with Crippen LogP contribution in [-0.4, -0.2) is 43.2 Å². The molecular formula is C30H33N5O5. The lowest BCUT2D eigenvalue weighted by molar-refractivity contribution is -0.152. The molecule has 0 saturated heterocycles. The van der Waals surface area contributed by atoms with E-state index in [2.05, 4.69) is 21.4 Å². The molecule has 208 valence electrons. The van der Waals surface area contributed by atoms with Crippen molar-refractivity contribution >= 4 is 23.0 Å². The summed E-state index contributed by atoms with van der Waals surface area (Å²) in [6.45, 7) is 9.29. The van der Waals surface area contributed by atoms with Gasteiger partial charge in [0, 0.05) is 34.7 Å². The molecule has 4 aromatic rings. The van der Waals surface area contributed by atoms with Crippen molar-refractivity contribution in [2.24, 2.45) is 0 Å². The molecule has 1 unspecified atom stereocenters. The van der Waals surface area contributed by atoms with E-state index in [1.807, 2.05) is 37.3 Å². The van der Waals surface area contributed by atoms with Crippen LogP contribution in [0.4, 0.5) is 4.79 Å². The Morgan fingerprint density at radius 3 is 2.67 bits per heavy atom. The molecule has 4 heterocycles. The van der Waals surface area contributed by atoms with Crippen LogP contribution in [0.5, 0.6) is 0 Å². The monoisotopic (exact) mass is 543 g/mol. The number of hydrogen-bond donors (Lipinski definition) is 2. The Hall–Kier alpha value is -4.47. The van der Waals surface area contributed by atoms with Gasteiger partial charge in [-0.05, 0) is 52.3 Å². The van der Waals surface area contributed by atoms with Gasteiger partial charge in [-0.2, -0.15) is 0 Å². The highest BCUT2D eigenvalue weighted by molar-refractivity contribution is 5.84. The van der Waals surface area contributed by atoms with Crippen LogP contribution >= 0.6 is 0 Å². The maximum absolute atomic E-state index is 13.5. The number of nitrogens with one attached hydrogen (secondary N) is 2. The number of nitrogens with zero attached hydrogens (tertiary/aromatic N) is 3. The summed E-state index contributed by atoms with van der Waals surface area (Å²) in [5.41, 5.74) is 4.07. The van der Waals surface area contributed by atoms with Crippen molar-refractivity contribution < 1.29 is 19.1 Å². The molecule has 0 bridgehead atoms. The Morgan fingerprint density at radius 1 is 1.20 bits per heavy atom. The molecule has 2 N–H and O–H groups in total. The van der Waals surface area contributed by atoms with Gasteiger partial charge in [0.05, 0.1) is 35.5 Å². The van der Waals surface area contributed by atoms with Crippen LogP contribution in [0, 0.1) is 6.92 Å². The van der Waals surface area contributed by atoms with Gasteiger partial charge in [-0.15, -0.1) is 0 Å². The van der Waals surface area contributed by atoms with Gasteiger partial charge in [-0.3, -0.25) is 4.79 Å². The number of esters is 1. The third-order valence-corrected chi connectivity index (χ3v) is 6.88. The van der Waals surface area contributed by atoms with E-state index in [1.54, 1.807) is 38.5 Å². The number of fused-ring (bicyclic) bond motifs is 4. The average molecular weight is 544 g/mol. The number of carbonyl (C=O) groups excluding carboxylic acids is 2. The lowest BCUT2D eigenvalue weighted by atomic mass is 10.0. The van der Waals surface area contributed by atoms with Crippen LogP contribution in [0.25, 0.3) is 22.3 Å². The van der Waals surface area contributed by atoms with Gasteiger partial charge in [-0.25, -0.2) is 19.6 Å². The Bertz CT molecular complexity index is 1630. The molecule has 0 spiro atoms. The molecule has 1 amide bonds. The van der Waals surface area contributed by atoms with E-state index in [0.29, 0.717) is 35.5 Å². The predicted octanol–water partition coefficient (Wildman–Crippen LogP) is 4.59. The van der Waals surface area contributed by atoms with Crippen LogP contribution in [0.15, 0.2) is 53.7 Å². The number of hydrogen-bond acceptors (Lipinski definition) is 7. The van der Waals surface area contributed by atoms with Crippen LogP contribution in [0.3, 0.4) is 0 Å². The smallest absolute Gasteiger partial charge is 0.408 e. The SMILES string of the molecule is CCC(OC(=O)[C@H](Cc1c[nH]cn1)NC(=O)OC(C)(C)C)c1cc2n(c(=O)c1C)Cc1cc3ccccc3nc1-2. The molecule has 2 atom stereocenters. The average Bonchev–Trinajstić information content (AvgIpc) is 3.54. The third kappa shape index (κ3) is 5.47. The minimum atomic E-state index is -1.04. The number of carbonyl (C=O) groups is 2. The summed E-state index contributed by atoms with van der Waals surface area (Å²) in [7, 11) is 0. The minimum absolute atomic E-state index is 0.105. The van der Waals surface area contributed by atoms with Gasteiger partial charge in [-0.1, -0.05) is 25.1 Å². The summed E-state index contributed by atoms with van der Waals surface area (Å²) in [5, 5.41) is 3.64. The summed E-state index contributed by atoms with van der Waals surface area (Å²) in [6, 6.07) is 10.8. The number of imidazole rings is 1. The topological polar surface area (TPSA) is 128 Å². The van der Waals surface area contributed by atoms with Gasteiger partial charge in [0.15, 0.2) is 0 Å². The van der Waals surface area contributed by atoms with E-state index in [9.17, 15) is 14.4 Å². The number of benzene rings is 1. The first kappa shape index (κ1) is 27.1. The number of alkyl carbamates (subject to hydrolysis) is 1. The zero-order valence-corrected chi connectivity index (χ0v) is 23.3. The van der Waals surface area contributed by atoms with Crippen LogP contribution in [0.2, 0.25) is 0 Å². The molecule has 0 fully saturated rings. The Labute approximate surface area is 231 Å². The minimum Gasteiger partial charge on any atom is -0.456 e. The molecule has 10 nitrogen and oxygen atoms in total. The predicted molar refractivity (Wildman–Crippen MR) is 150 cm³/mol. The molecular weight excluding hydrogens is 510 g/mol. The van der Waals surface area contributed by atoms with E-state index in [1.165, 1.54) is 6.33 Å². The summed E-state index contributed by atoms with van der Waals surface area (Å²) >= 11 is 0. The third-order valence-electron chi connectivity index (χ3n) is 6.88. The van der Waals surface area contributed by atoms with Crippen LogP contribution in [0.1, 0.15) is 62.6 Å². The largest absolute Gasteiger partial charge is 0.456 e. The summed E-state index contributed by atoms with van der Waals surface area (Å²) in [5.74, 6) is -0.648.